The molecule has 6 aromatic rings. The number of nitrogens with zero attached hydrogens (tertiary/aromatic N) is 3. The average molecular weight is 460 g/mol. The van der Waals surface area contributed by atoms with E-state index in [1.165, 1.54) is 28.2 Å². The SMILES string of the molecule is Oc1ccccc1-c1nc2ccccc2n1CCCCCCn1c2ccccc2c2ccccc21. The van der Waals surface area contributed by atoms with Crippen LogP contribution in [0.3, 0.4) is 0 Å². The van der Waals surface area contributed by atoms with Gasteiger partial charge in [-0.3, -0.25) is 0 Å². The molecular weight excluding hydrogens is 430 g/mol. The molecule has 0 aliphatic rings. The van der Waals surface area contributed by atoms with E-state index in [2.05, 4.69) is 69.8 Å². The van der Waals surface area contributed by atoms with Crippen LogP contribution in [0.25, 0.3) is 44.2 Å². The number of aromatic nitrogens is 3. The molecule has 0 radical (unpaired) electrons. The number of para-hydroxylation sites is 5. The van der Waals surface area contributed by atoms with Crippen LogP contribution in [0.4, 0.5) is 0 Å². The lowest BCUT2D eigenvalue weighted by molar-refractivity contribution is 0.476. The van der Waals surface area contributed by atoms with Crippen molar-refractivity contribution in [2.24, 2.45) is 0 Å². The fourth-order valence-corrected chi connectivity index (χ4v) is 5.31. The summed E-state index contributed by atoms with van der Waals surface area (Å²) in [6, 6.07) is 33.2. The fraction of sp³-hybridized carbons (Fsp3) is 0.194. The first kappa shape index (κ1) is 21.5. The number of rotatable bonds is 8. The van der Waals surface area contributed by atoms with Crippen LogP contribution < -0.4 is 0 Å². The molecule has 0 bridgehead atoms. The molecule has 0 fully saturated rings. The number of imidazole rings is 1. The lowest BCUT2D eigenvalue weighted by atomic mass is 10.1. The van der Waals surface area contributed by atoms with Crippen molar-refractivity contribution in [2.75, 3.05) is 0 Å². The maximum Gasteiger partial charge on any atom is 0.144 e. The van der Waals surface area contributed by atoms with Gasteiger partial charge in [0.2, 0.25) is 0 Å². The van der Waals surface area contributed by atoms with Gasteiger partial charge in [0, 0.05) is 34.9 Å². The van der Waals surface area contributed by atoms with Crippen LogP contribution in [0.5, 0.6) is 5.75 Å². The second-order valence-electron chi connectivity index (χ2n) is 9.19. The highest BCUT2D eigenvalue weighted by Gasteiger charge is 2.15. The van der Waals surface area contributed by atoms with Crippen molar-refractivity contribution in [2.45, 2.75) is 38.8 Å². The van der Waals surface area contributed by atoms with Crippen LogP contribution in [0.2, 0.25) is 0 Å². The minimum absolute atomic E-state index is 0.273. The molecular formula is C31H29N3O. The van der Waals surface area contributed by atoms with Gasteiger partial charge in [-0.05, 0) is 49.2 Å². The number of aromatic hydroxyl groups is 1. The van der Waals surface area contributed by atoms with Crippen LogP contribution in [0.15, 0.2) is 97.1 Å². The van der Waals surface area contributed by atoms with E-state index < -0.39 is 0 Å². The third kappa shape index (κ3) is 3.95. The summed E-state index contributed by atoms with van der Waals surface area (Å²) in [5.74, 6) is 1.12. The molecule has 0 amide bonds. The number of benzene rings is 4. The van der Waals surface area contributed by atoms with Crippen LogP contribution >= 0.6 is 0 Å². The first-order chi connectivity index (χ1) is 17.3. The van der Waals surface area contributed by atoms with Gasteiger partial charge in [-0.2, -0.15) is 0 Å². The normalized spacial score (nSPS) is 11.7. The number of aryl methyl sites for hydroxylation is 2. The van der Waals surface area contributed by atoms with Crippen molar-refractivity contribution >= 4 is 32.8 Å². The molecule has 0 saturated carbocycles. The Bertz CT molecular complexity index is 1570. The molecule has 0 spiro atoms. The molecule has 0 aliphatic carbocycles. The third-order valence-corrected chi connectivity index (χ3v) is 6.99. The van der Waals surface area contributed by atoms with E-state index in [1.807, 2.05) is 30.3 Å². The second kappa shape index (κ2) is 9.30. The largest absolute Gasteiger partial charge is 0.507 e. The van der Waals surface area contributed by atoms with Gasteiger partial charge in [0.25, 0.3) is 0 Å². The molecule has 1 N–H and O–H groups in total. The zero-order valence-corrected chi connectivity index (χ0v) is 19.8. The summed E-state index contributed by atoms with van der Waals surface area (Å²) < 4.78 is 4.74. The monoisotopic (exact) mass is 459 g/mol. The van der Waals surface area contributed by atoms with Crippen molar-refractivity contribution in [3.8, 4) is 17.1 Å². The predicted molar refractivity (Wildman–Crippen MR) is 145 cm³/mol. The molecule has 4 heteroatoms. The molecule has 4 nitrogen and oxygen atoms in total. The Morgan fingerprint density at radius 3 is 1.77 bits per heavy atom. The molecule has 174 valence electrons. The average Bonchev–Trinajstić information content (AvgIpc) is 3.42. The second-order valence-corrected chi connectivity index (χ2v) is 9.19. The van der Waals surface area contributed by atoms with Crippen molar-refractivity contribution in [3.05, 3.63) is 97.1 Å². The van der Waals surface area contributed by atoms with E-state index in [-0.39, 0.29) is 5.75 Å². The zero-order valence-electron chi connectivity index (χ0n) is 19.8. The zero-order chi connectivity index (χ0) is 23.6. The molecule has 0 aliphatic heterocycles. The van der Waals surface area contributed by atoms with Gasteiger partial charge in [0.15, 0.2) is 0 Å². The highest BCUT2D eigenvalue weighted by atomic mass is 16.3. The Labute approximate surface area is 205 Å². The molecule has 4 aromatic carbocycles. The molecule has 35 heavy (non-hydrogen) atoms. The fourth-order valence-electron chi connectivity index (χ4n) is 5.31. The van der Waals surface area contributed by atoms with E-state index in [1.54, 1.807) is 6.07 Å². The van der Waals surface area contributed by atoms with Crippen LogP contribution in [0, 0.1) is 0 Å². The van der Waals surface area contributed by atoms with Gasteiger partial charge in [-0.25, -0.2) is 4.98 Å². The summed E-state index contributed by atoms with van der Waals surface area (Å²) in [6.07, 6.45) is 4.57. The third-order valence-electron chi connectivity index (χ3n) is 6.99. The number of hydrogen-bond acceptors (Lipinski definition) is 2. The van der Waals surface area contributed by atoms with Gasteiger partial charge < -0.3 is 14.2 Å². The quantitative estimate of drug-likeness (QED) is 0.236. The van der Waals surface area contributed by atoms with Crippen molar-refractivity contribution in [1.29, 1.82) is 0 Å². The van der Waals surface area contributed by atoms with E-state index in [0.717, 1.165) is 54.8 Å². The standard InChI is InChI=1S/C31H29N3O/c35-30-20-10-5-15-25(30)31-32-26-16-6-9-19-29(26)34(31)22-12-2-1-11-21-33-27-17-7-3-13-23(27)24-14-4-8-18-28(24)33/h3-10,13-20,35H,1-2,11-12,21-22H2. The lowest BCUT2D eigenvalue weighted by Crippen LogP contribution is -2.02. The van der Waals surface area contributed by atoms with Gasteiger partial charge in [-0.15, -0.1) is 0 Å². The molecule has 0 saturated heterocycles. The number of fused-ring (bicyclic) bond motifs is 4. The van der Waals surface area contributed by atoms with Crippen molar-refractivity contribution in [3.63, 3.8) is 0 Å². The van der Waals surface area contributed by atoms with Crippen LogP contribution in [-0.4, -0.2) is 19.2 Å². The predicted octanol–water partition coefficient (Wildman–Crippen LogP) is 7.78. The Hall–Kier alpha value is -4.05. The highest BCUT2D eigenvalue weighted by Crippen LogP contribution is 2.32. The van der Waals surface area contributed by atoms with Crippen molar-refractivity contribution < 1.29 is 5.11 Å². The van der Waals surface area contributed by atoms with Crippen LogP contribution in [0.1, 0.15) is 25.7 Å². The van der Waals surface area contributed by atoms with Crippen molar-refractivity contribution in [1.82, 2.24) is 14.1 Å². The molecule has 0 unspecified atom stereocenters. The first-order valence-electron chi connectivity index (χ1n) is 12.5. The van der Waals surface area contributed by atoms with E-state index in [4.69, 9.17) is 4.98 Å². The van der Waals surface area contributed by atoms with Gasteiger partial charge >= 0.3 is 0 Å². The number of unbranched alkanes of at least 4 members (excludes halogenated alkanes) is 3. The minimum atomic E-state index is 0.273. The smallest absolute Gasteiger partial charge is 0.144 e. The molecule has 2 aromatic heterocycles. The van der Waals surface area contributed by atoms with Gasteiger partial charge in [0.1, 0.15) is 11.6 Å². The minimum Gasteiger partial charge on any atom is -0.507 e. The first-order valence-corrected chi connectivity index (χ1v) is 12.5. The molecule has 6 rings (SSSR count). The summed E-state index contributed by atoms with van der Waals surface area (Å²) in [5.41, 5.74) is 5.53. The Morgan fingerprint density at radius 1 is 0.543 bits per heavy atom. The van der Waals surface area contributed by atoms with E-state index >= 15 is 0 Å². The summed E-state index contributed by atoms with van der Waals surface area (Å²) in [4.78, 5) is 4.85. The lowest BCUT2D eigenvalue weighted by Gasteiger charge is -2.11. The number of hydrogen-bond donors (Lipinski definition) is 1. The van der Waals surface area contributed by atoms with Crippen LogP contribution in [-0.2, 0) is 13.1 Å². The number of phenolic OH excluding ortho intramolecular Hbond substituents is 1. The topological polar surface area (TPSA) is 43.0 Å². The van der Waals surface area contributed by atoms with E-state index in [0.29, 0.717) is 0 Å². The maximum absolute atomic E-state index is 10.4. The summed E-state index contributed by atoms with van der Waals surface area (Å²) in [5, 5.41) is 13.1. The molecule has 2 heterocycles. The Morgan fingerprint density at radius 2 is 1.09 bits per heavy atom. The Balaban J connectivity index is 1.15. The Kier molecular flexibility index (Phi) is 5.71. The van der Waals surface area contributed by atoms with Gasteiger partial charge in [0.05, 0.1) is 16.6 Å². The summed E-state index contributed by atoms with van der Waals surface area (Å²) >= 11 is 0. The van der Waals surface area contributed by atoms with Gasteiger partial charge in [-0.1, -0.05) is 73.5 Å². The highest BCUT2D eigenvalue weighted by molar-refractivity contribution is 6.07. The summed E-state index contributed by atoms with van der Waals surface area (Å²) in [6.45, 7) is 1.92. The molecule has 0 atom stereocenters. The maximum atomic E-state index is 10.4. The summed E-state index contributed by atoms with van der Waals surface area (Å²) in [7, 11) is 0. The van der Waals surface area contributed by atoms with E-state index in [9.17, 15) is 5.11 Å². The number of phenols is 1.